The molecule has 1 saturated carbocycles. The Hall–Kier alpha value is -2.08. The first-order chi connectivity index (χ1) is 13.2. The fourth-order valence-electron chi connectivity index (χ4n) is 4.60. The quantitative estimate of drug-likeness (QED) is 0.839. The van der Waals surface area contributed by atoms with E-state index in [-0.39, 0.29) is 5.95 Å². The summed E-state index contributed by atoms with van der Waals surface area (Å²) < 4.78 is 6.15. The molecule has 2 fully saturated rings. The molecule has 1 aromatic carbocycles. The van der Waals surface area contributed by atoms with Crippen molar-refractivity contribution in [2.75, 3.05) is 37.7 Å². The molecule has 2 heterocycles. The molecule has 1 aliphatic carbocycles. The van der Waals surface area contributed by atoms with Crippen LogP contribution < -0.4 is 16.2 Å². The number of piperidine rings is 1. The molecule has 0 bridgehead atoms. The van der Waals surface area contributed by atoms with Gasteiger partial charge in [0.2, 0.25) is 5.95 Å². The van der Waals surface area contributed by atoms with Gasteiger partial charge in [-0.15, -0.1) is 0 Å². The van der Waals surface area contributed by atoms with Gasteiger partial charge in [-0.3, -0.25) is 0 Å². The highest BCUT2D eigenvalue weighted by molar-refractivity contribution is 5.94. The van der Waals surface area contributed by atoms with Crippen molar-refractivity contribution in [1.82, 2.24) is 14.9 Å². The Kier molecular flexibility index (Phi) is 5.62. The second-order valence-corrected chi connectivity index (χ2v) is 8.18. The van der Waals surface area contributed by atoms with E-state index in [0.717, 1.165) is 29.2 Å². The maximum absolute atomic E-state index is 6.15. The summed E-state index contributed by atoms with van der Waals surface area (Å²) in [6.45, 7) is 4.41. The molecular weight excluding hydrogens is 338 g/mol. The van der Waals surface area contributed by atoms with Crippen LogP contribution in [0.4, 0.5) is 11.8 Å². The summed E-state index contributed by atoms with van der Waals surface area (Å²) in [6, 6.07) is 5.76. The Labute approximate surface area is 161 Å². The number of nitrogen functional groups attached to an aromatic ring is 2. The molecule has 146 valence electrons. The summed E-state index contributed by atoms with van der Waals surface area (Å²) in [5.41, 5.74) is 12.5. The monoisotopic (exact) mass is 369 g/mol. The molecule has 0 spiro atoms. The molecule has 27 heavy (non-hydrogen) atoms. The number of fused-ring (bicyclic) bond motifs is 1. The molecule has 1 saturated heterocycles. The number of anilines is 2. The summed E-state index contributed by atoms with van der Waals surface area (Å²) in [5, 5.41) is 0.765. The molecule has 4 N–H and O–H groups in total. The number of aromatic nitrogens is 2. The van der Waals surface area contributed by atoms with Gasteiger partial charge in [-0.25, -0.2) is 4.98 Å². The van der Waals surface area contributed by atoms with Crippen LogP contribution in [-0.2, 0) is 0 Å². The lowest BCUT2D eigenvalue weighted by atomic mass is 9.88. The molecule has 6 nitrogen and oxygen atoms in total. The number of nitrogens with zero attached hydrogens (tertiary/aromatic N) is 3. The Morgan fingerprint density at radius 1 is 0.963 bits per heavy atom. The lowest BCUT2D eigenvalue weighted by Gasteiger charge is -2.35. The molecule has 0 unspecified atom stereocenters. The van der Waals surface area contributed by atoms with Crippen LogP contribution in [0.3, 0.4) is 0 Å². The first-order valence-corrected chi connectivity index (χ1v) is 10.4. The minimum atomic E-state index is 0.197. The van der Waals surface area contributed by atoms with E-state index in [4.69, 9.17) is 16.2 Å². The fraction of sp³-hybridized carbons (Fsp3) is 0.619. The van der Waals surface area contributed by atoms with E-state index in [1.54, 1.807) is 0 Å². The van der Waals surface area contributed by atoms with Crippen LogP contribution in [-0.4, -0.2) is 41.1 Å². The first-order valence-electron chi connectivity index (χ1n) is 10.4. The predicted molar refractivity (Wildman–Crippen MR) is 110 cm³/mol. The van der Waals surface area contributed by atoms with Crippen molar-refractivity contribution < 1.29 is 4.74 Å². The number of hydrogen-bond donors (Lipinski definition) is 2. The first kappa shape index (κ1) is 18.3. The second-order valence-electron chi connectivity index (χ2n) is 8.18. The Bertz CT molecular complexity index is 767. The molecule has 2 aliphatic rings. The smallest absolute Gasteiger partial charge is 0.222 e. The van der Waals surface area contributed by atoms with Gasteiger partial charge >= 0.3 is 0 Å². The molecular formula is C21H31N5O. The SMILES string of the molecule is Nc1nc(N)c2c(OCC3CCN(CC4CCCCC4)CC3)cccc2n1. The van der Waals surface area contributed by atoms with Crippen LogP contribution in [0.25, 0.3) is 10.9 Å². The Morgan fingerprint density at radius 3 is 2.52 bits per heavy atom. The number of ether oxygens (including phenoxy) is 1. The fourth-order valence-corrected chi connectivity index (χ4v) is 4.60. The summed E-state index contributed by atoms with van der Waals surface area (Å²) in [4.78, 5) is 11.0. The minimum absolute atomic E-state index is 0.197. The normalized spacial score (nSPS) is 20.1. The average molecular weight is 370 g/mol. The van der Waals surface area contributed by atoms with Gasteiger partial charge in [0.15, 0.2) is 0 Å². The van der Waals surface area contributed by atoms with Crippen molar-refractivity contribution in [3.63, 3.8) is 0 Å². The van der Waals surface area contributed by atoms with Crippen LogP contribution in [0.15, 0.2) is 18.2 Å². The number of benzene rings is 1. The van der Waals surface area contributed by atoms with Crippen LogP contribution >= 0.6 is 0 Å². The summed E-state index contributed by atoms with van der Waals surface area (Å²) in [7, 11) is 0. The number of nitrogens with two attached hydrogens (primary N) is 2. The van der Waals surface area contributed by atoms with Crippen LogP contribution in [0.1, 0.15) is 44.9 Å². The van der Waals surface area contributed by atoms with Gasteiger partial charge in [0.05, 0.1) is 17.5 Å². The lowest BCUT2D eigenvalue weighted by Crippen LogP contribution is -2.38. The lowest BCUT2D eigenvalue weighted by molar-refractivity contribution is 0.120. The van der Waals surface area contributed by atoms with Gasteiger partial charge in [-0.05, 0) is 62.7 Å². The van der Waals surface area contributed by atoms with Crippen molar-refractivity contribution in [3.05, 3.63) is 18.2 Å². The minimum Gasteiger partial charge on any atom is -0.492 e. The number of rotatable bonds is 5. The van der Waals surface area contributed by atoms with E-state index in [1.807, 2.05) is 18.2 Å². The zero-order valence-corrected chi connectivity index (χ0v) is 16.1. The summed E-state index contributed by atoms with van der Waals surface area (Å²) >= 11 is 0. The topological polar surface area (TPSA) is 90.3 Å². The van der Waals surface area contributed by atoms with E-state index in [1.165, 1.54) is 64.6 Å². The van der Waals surface area contributed by atoms with Gasteiger partial charge in [0, 0.05) is 6.54 Å². The molecule has 0 atom stereocenters. The van der Waals surface area contributed by atoms with Crippen molar-refractivity contribution in [2.24, 2.45) is 11.8 Å². The third-order valence-electron chi connectivity index (χ3n) is 6.15. The molecule has 1 aromatic heterocycles. The van der Waals surface area contributed by atoms with Crippen LogP contribution in [0.5, 0.6) is 5.75 Å². The maximum Gasteiger partial charge on any atom is 0.222 e. The van der Waals surface area contributed by atoms with Crippen molar-refractivity contribution in [2.45, 2.75) is 44.9 Å². The van der Waals surface area contributed by atoms with Crippen LogP contribution in [0.2, 0.25) is 0 Å². The average Bonchev–Trinajstić information content (AvgIpc) is 2.68. The number of hydrogen-bond acceptors (Lipinski definition) is 6. The molecule has 4 rings (SSSR count). The van der Waals surface area contributed by atoms with Crippen molar-refractivity contribution in [1.29, 1.82) is 0 Å². The third-order valence-corrected chi connectivity index (χ3v) is 6.15. The van der Waals surface area contributed by atoms with E-state index in [2.05, 4.69) is 14.9 Å². The summed E-state index contributed by atoms with van der Waals surface area (Å²) in [5.74, 6) is 2.86. The maximum atomic E-state index is 6.15. The number of likely N-dealkylation sites (tertiary alicyclic amines) is 1. The van der Waals surface area contributed by atoms with Crippen molar-refractivity contribution in [3.8, 4) is 5.75 Å². The van der Waals surface area contributed by atoms with Gasteiger partial charge < -0.3 is 21.1 Å². The van der Waals surface area contributed by atoms with E-state index in [9.17, 15) is 0 Å². The standard InChI is InChI=1S/C21H31N5O/c22-20-19-17(24-21(23)25-20)7-4-8-18(19)27-14-16-9-11-26(12-10-16)13-15-5-2-1-3-6-15/h4,7-8,15-16H,1-3,5-6,9-14H2,(H4,22,23,24,25). The highest BCUT2D eigenvalue weighted by Crippen LogP contribution is 2.31. The largest absolute Gasteiger partial charge is 0.492 e. The summed E-state index contributed by atoms with van der Waals surface area (Å²) in [6.07, 6.45) is 9.56. The van der Waals surface area contributed by atoms with Gasteiger partial charge in [-0.1, -0.05) is 25.3 Å². The Morgan fingerprint density at radius 2 is 1.74 bits per heavy atom. The van der Waals surface area contributed by atoms with E-state index in [0.29, 0.717) is 11.7 Å². The molecule has 0 radical (unpaired) electrons. The van der Waals surface area contributed by atoms with E-state index >= 15 is 0 Å². The molecule has 6 heteroatoms. The third kappa shape index (κ3) is 4.43. The zero-order valence-electron chi connectivity index (χ0n) is 16.1. The highest BCUT2D eigenvalue weighted by atomic mass is 16.5. The molecule has 0 amide bonds. The van der Waals surface area contributed by atoms with Gasteiger partial charge in [0.25, 0.3) is 0 Å². The van der Waals surface area contributed by atoms with Crippen LogP contribution in [0, 0.1) is 11.8 Å². The zero-order chi connectivity index (χ0) is 18.6. The van der Waals surface area contributed by atoms with Gasteiger partial charge in [-0.2, -0.15) is 4.98 Å². The predicted octanol–water partition coefficient (Wildman–Crippen LogP) is 3.47. The van der Waals surface area contributed by atoms with Gasteiger partial charge in [0.1, 0.15) is 11.6 Å². The van der Waals surface area contributed by atoms with Crippen molar-refractivity contribution >= 4 is 22.7 Å². The van der Waals surface area contributed by atoms with E-state index < -0.39 is 0 Å². The molecule has 2 aromatic rings. The molecule has 1 aliphatic heterocycles. The highest BCUT2D eigenvalue weighted by Gasteiger charge is 2.23. The second kappa shape index (κ2) is 8.30. The Balaban J connectivity index is 1.31.